The van der Waals surface area contributed by atoms with Gasteiger partial charge >= 0.3 is 11.6 Å². The average molecular weight is 432 g/mol. The van der Waals surface area contributed by atoms with Crippen LogP contribution < -0.4 is 16.3 Å². The smallest absolute Gasteiger partial charge is 0.339 e. The first-order chi connectivity index (χ1) is 14.5. The van der Waals surface area contributed by atoms with Crippen molar-refractivity contribution in [2.45, 2.75) is 53.0 Å². The van der Waals surface area contributed by atoms with Crippen LogP contribution in [0.1, 0.15) is 43.4 Å². The molecule has 1 aromatic carbocycles. The van der Waals surface area contributed by atoms with Gasteiger partial charge < -0.3 is 25.3 Å². The van der Waals surface area contributed by atoms with E-state index in [0.29, 0.717) is 27.7 Å². The third-order valence-corrected chi connectivity index (χ3v) is 5.06. The number of phenolic OH excluding ortho intramolecular Hbond substituents is 1. The second kappa shape index (κ2) is 10.1. The first-order valence-electron chi connectivity index (χ1n) is 10.0. The highest BCUT2D eigenvalue weighted by molar-refractivity contribution is 5.88. The van der Waals surface area contributed by atoms with Crippen LogP contribution in [0.4, 0.5) is 0 Å². The molecule has 31 heavy (non-hydrogen) atoms. The zero-order valence-corrected chi connectivity index (χ0v) is 18.1. The Bertz CT molecular complexity index is 1060. The maximum absolute atomic E-state index is 12.4. The lowest BCUT2D eigenvalue weighted by Gasteiger charge is -2.16. The first kappa shape index (κ1) is 23.9. The van der Waals surface area contributed by atoms with E-state index in [4.69, 9.17) is 9.52 Å². The number of hydrogen-bond acceptors (Lipinski definition) is 6. The highest BCUT2D eigenvalue weighted by atomic mass is 16.4. The van der Waals surface area contributed by atoms with Crippen LogP contribution in [-0.2, 0) is 20.8 Å². The van der Waals surface area contributed by atoms with Crippen LogP contribution in [0.3, 0.4) is 0 Å². The van der Waals surface area contributed by atoms with Crippen molar-refractivity contribution < 1.29 is 29.0 Å². The number of rotatable bonds is 9. The number of aryl methyl sites for hydroxylation is 2. The van der Waals surface area contributed by atoms with Crippen LogP contribution in [-0.4, -0.2) is 40.6 Å². The van der Waals surface area contributed by atoms with Crippen LogP contribution in [0.2, 0.25) is 0 Å². The standard InChI is InChI=1S/C22H28N2O7/c1-11(2)9-16(21(28)29)24-19(27)10-23-18(26)8-6-15-12(3)14-5-7-17(25)13(4)20(14)31-22(15)30/h5,7,11,16,25H,6,8-10H2,1-4H3,(H,23,26)(H,24,27)(H,28,29)/t16-/m1/s1. The van der Waals surface area contributed by atoms with Gasteiger partial charge in [0.2, 0.25) is 11.8 Å². The molecule has 0 fully saturated rings. The van der Waals surface area contributed by atoms with Crippen LogP contribution in [0.25, 0.3) is 11.0 Å². The Labute approximate surface area is 179 Å². The molecule has 0 saturated heterocycles. The molecule has 2 rings (SSSR count). The summed E-state index contributed by atoms with van der Waals surface area (Å²) in [6, 6.07) is 2.15. The fraction of sp³-hybridized carbons (Fsp3) is 0.455. The van der Waals surface area contributed by atoms with E-state index >= 15 is 0 Å². The molecule has 2 amide bonds. The van der Waals surface area contributed by atoms with Gasteiger partial charge in [-0.2, -0.15) is 0 Å². The average Bonchev–Trinajstić information content (AvgIpc) is 2.68. The maximum Gasteiger partial charge on any atom is 0.339 e. The number of aromatic hydroxyl groups is 1. The van der Waals surface area contributed by atoms with E-state index in [1.165, 1.54) is 6.07 Å². The molecule has 0 spiro atoms. The van der Waals surface area contributed by atoms with Gasteiger partial charge in [-0.25, -0.2) is 9.59 Å². The highest BCUT2D eigenvalue weighted by Crippen LogP contribution is 2.28. The van der Waals surface area contributed by atoms with Gasteiger partial charge in [0, 0.05) is 22.9 Å². The Balaban J connectivity index is 1.98. The van der Waals surface area contributed by atoms with Crippen LogP contribution in [0, 0.1) is 19.8 Å². The summed E-state index contributed by atoms with van der Waals surface area (Å²) >= 11 is 0. The van der Waals surface area contributed by atoms with Gasteiger partial charge in [0.05, 0.1) is 6.54 Å². The molecule has 0 unspecified atom stereocenters. The largest absolute Gasteiger partial charge is 0.508 e. The summed E-state index contributed by atoms with van der Waals surface area (Å²) in [5.74, 6) is -2.07. The van der Waals surface area contributed by atoms with Crippen LogP contribution >= 0.6 is 0 Å². The summed E-state index contributed by atoms with van der Waals surface area (Å²) in [5, 5.41) is 24.5. The van der Waals surface area contributed by atoms with E-state index < -0.39 is 29.5 Å². The van der Waals surface area contributed by atoms with Crippen molar-refractivity contribution >= 4 is 28.8 Å². The Hall–Kier alpha value is -3.36. The van der Waals surface area contributed by atoms with Crippen molar-refractivity contribution in [3.05, 3.63) is 39.2 Å². The molecule has 0 saturated carbocycles. The lowest BCUT2D eigenvalue weighted by atomic mass is 10.0. The topological polar surface area (TPSA) is 146 Å². The van der Waals surface area contributed by atoms with Crippen molar-refractivity contribution in [3.8, 4) is 5.75 Å². The molecule has 0 aliphatic rings. The predicted octanol–water partition coefficient (Wildman–Crippen LogP) is 1.78. The second-order valence-electron chi connectivity index (χ2n) is 7.94. The zero-order valence-electron chi connectivity index (χ0n) is 18.1. The Kier molecular flexibility index (Phi) is 7.79. The summed E-state index contributed by atoms with van der Waals surface area (Å²) in [6.07, 6.45) is 0.349. The molecule has 9 nitrogen and oxygen atoms in total. The molecule has 0 radical (unpaired) electrons. The summed E-state index contributed by atoms with van der Waals surface area (Å²) in [6.45, 7) is 6.73. The number of aliphatic carboxylic acids is 1. The SMILES string of the molecule is Cc1c(CCC(=O)NCC(=O)N[C@H](CC(C)C)C(=O)O)c(=O)oc2c(C)c(O)ccc12. The first-order valence-corrected chi connectivity index (χ1v) is 10.0. The van der Waals surface area contributed by atoms with Crippen molar-refractivity contribution in [2.24, 2.45) is 5.92 Å². The normalized spacial score (nSPS) is 12.0. The van der Waals surface area contributed by atoms with Crippen molar-refractivity contribution in [1.29, 1.82) is 0 Å². The highest BCUT2D eigenvalue weighted by Gasteiger charge is 2.21. The summed E-state index contributed by atoms with van der Waals surface area (Å²) < 4.78 is 5.35. The van der Waals surface area contributed by atoms with E-state index in [2.05, 4.69) is 10.6 Å². The minimum absolute atomic E-state index is 0.0268. The maximum atomic E-state index is 12.4. The Morgan fingerprint density at radius 1 is 1.10 bits per heavy atom. The van der Waals surface area contributed by atoms with Gasteiger partial charge in [-0.3, -0.25) is 9.59 Å². The van der Waals surface area contributed by atoms with Gasteiger partial charge in [-0.1, -0.05) is 13.8 Å². The number of carboxylic acids is 1. The Morgan fingerprint density at radius 3 is 2.39 bits per heavy atom. The van der Waals surface area contributed by atoms with E-state index in [9.17, 15) is 24.3 Å². The summed E-state index contributed by atoms with van der Waals surface area (Å²) in [5.41, 5.74) is 1.20. The number of nitrogens with one attached hydrogen (secondary N) is 2. The molecule has 0 aliphatic carbocycles. The number of benzene rings is 1. The van der Waals surface area contributed by atoms with E-state index in [1.54, 1.807) is 19.9 Å². The van der Waals surface area contributed by atoms with Gasteiger partial charge in [-0.15, -0.1) is 0 Å². The third kappa shape index (κ3) is 6.07. The van der Waals surface area contributed by atoms with Gasteiger partial charge in [0.1, 0.15) is 17.4 Å². The lowest BCUT2D eigenvalue weighted by molar-refractivity contribution is -0.142. The number of phenols is 1. The van der Waals surface area contributed by atoms with Crippen LogP contribution in [0.5, 0.6) is 5.75 Å². The molecule has 0 bridgehead atoms. The van der Waals surface area contributed by atoms with Gasteiger partial charge in [0.25, 0.3) is 0 Å². The van der Waals surface area contributed by atoms with E-state index in [1.807, 2.05) is 13.8 Å². The number of fused-ring (bicyclic) bond motifs is 1. The Morgan fingerprint density at radius 2 is 1.77 bits per heavy atom. The number of carbonyl (C=O) groups excluding carboxylic acids is 2. The molecule has 0 aliphatic heterocycles. The number of hydrogen-bond donors (Lipinski definition) is 4. The fourth-order valence-electron chi connectivity index (χ4n) is 3.31. The molecule has 9 heteroatoms. The van der Waals surface area contributed by atoms with Crippen molar-refractivity contribution in [1.82, 2.24) is 10.6 Å². The predicted molar refractivity (Wildman–Crippen MR) is 114 cm³/mol. The van der Waals surface area contributed by atoms with E-state index in [0.717, 1.165) is 0 Å². The lowest BCUT2D eigenvalue weighted by Crippen LogP contribution is -2.46. The minimum atomic E-state index is -1.13. The monoisotopic (exact) mass is 432 g/mol. The van der Waals surface area contributed by atoms with Crippen LogP contribution in [0.15, 0.2) is 21.3 Å². The second-order valence-corrected chi connectivity index (χ2v) is 7.94. The minimum Gasteiger partial charge on any atom is -0.508 e. The third-order valence-electron chi connectivity index (χ3n) is 5.06. The number of carboxylic acid groups (broad SMARTS) is 1. The molecule has 1 aromatic heterocycles. The quantitative estimate of drug-likeness (QED) is 0.442. The summed E-state index contributed by atoms with van der Waals surface area (Å²) in [7, 11) is 0. The molecule has 168 valence electrons. The van der Waals surface area contributed by atoms with Gasteiger partial charge in [0.15, 0.2) is 0 Å². The fourth-order valence-corrected chi connectivity index (χ4v) is 3.31. The number of amides is 2. The van der Waals surface area contributed by atoms with E-state index in [-0.39, 0.29) is 37.5 Å². The molecule has 1 heterocycles. The summed E-state index contributed by atoms with van der Waals surface area (Å²) in [4.78, 5) is 47.7. The number of carbonyl (C=O) groups is 3. The van der Waals surface area contributed by atoms with Crippen molar-refractivity contribution in [2.75, 3.05) is 6.54 Å². The molecule has 1 atom stereocenters. The molecule has 4 N–H and O–H groups in total. The van der Waals surface area contributed by atoms with Crippen molar-refractivity contribution in [3.63, 3.8) is 0 Å². The molecule has 2 aromatic rings. The van der Waals surface area contributed by atoms with Gasteiger partial charge in [-0.05, 0) is 50.3 Å². The molecular formula is C22H28N2O7. The molecular weight excluding hydrogens is 404 g/mol. The zero-order chi connectivity index (χ0) is 23.3.